The fourth-order valence-electron chi connectivity index (χ4n) is 2.95. The molecule has 0 spiro atoms. The van der Waals surface area contributed by atoms with Crippen LogP contribution in [-0.2, 0) is 27.2 Å². The molecule has 7 nitrogen and oxygen atoms in total. The van der Waals surface area contributed by atoms with Crippen molar-refractivity contribution in [2.24, 2.45) is 5.73 Å². The van der Waals surface area contributed by atoms with Crippen LogP contribution in [0.5, 0.6) is 0 Å². The lowest BCUT2D eigenvalue weighted by atomic mass is 9.89. The van der Waals surface area contributed by atoms with Crippen molar-refractivity contribution in [2.45, 2.75) is 51.0 Å². The van der Waals surface area contributed by atoms with Gasteiger partial charge in [-0.25, -0.2) is 4.79 Å². The Labute approximate surface area is 145 Å². The minimum Gasteiger partial charge on any atom is -0.480 e. The van der Waals surface area contributed by atoms with E-state index in [2.05, 4.69) is 5.32 Å². The third-order valence-corrected chi connectivity index (χ3v) is 4.29. The van der Waals surface area contributed by atoms with Gasteiger partial charge in [0.2, 0.25) is 11.8 Å². The zero-order valence-corrected chi connectivity index (χ0v) is 13.9. The van der Waals surface area contributed by atoms with Crippen LogP contribution >= 0.6 is 0 Å². The molecule has 25 heavy (non-hydrogen) atoms. The van der Waals surface area contributed by atoms with Crippen molar-refractivity contribution >= 4 is 23.6 Å². The minimum atomic E-state index is -1.37. The van der Waals surface area contributed by atoms with Gasteiger partial charge in [-0.3, -0.25) is 14.4 Å². The molecule has 134 valence electrons. The Morgan fingerprint density at radius 1 is 1.08 bits per heavy atom. The number of carbonyl (C=O) groups excluding carboxylic acids is 3. The normalized spacial score (nSPS) is 14.2. The maximum atomic E-state index is 12.3. The number of fused-ring (bicyclic) bond motifs is 1. The highest BCUT2D eigenvalue weighted by Crippen LogP contribution is 2.22. The number of hydrogen-bond acceptors (Lipinski definition) is 4. The lowest BCUT2D eigenvalue weighted by molar-refractivity contribution is -0.143. The quantitative estimate of drug-likeness (QED) is 0.605. The van der Waals surface area contributed by atoms with Crippen molar-refractivity contribution in [1.82, 2.24) is 5.32 Å². The molecule has 0 aliphatic heterocycles. The predicted molar refractivity (Wildman–Crippen MR) is 90.0 cm³/mol. The first-order valence-electron chi connectivity index (χ1n) is 8.32. The number of aryl methyl sites for hydroxylation is 2. The molecule has 1 aromatic rings. The molecule has 7 heteroatoms. The summed E-state index contributed by atoms with van der Waals surface area (Å²) in [5.74, 6) is -2.92. The molecule has 1 aliphatic carbocycles. The summed E-state index contributed by atoms with van der Waals surface area (Å²) in [6.07, 6.45) is 3.62. The van der Waals surface area contributed by atoms with Crippen molar-refractivity contribution in [3.63, 3.8) is 0 Å². The van der Waals surface area contributed by atoms with Crippen LogP contribution in [0.4, 0.5) is 0 Å². The zero-order valence-electron chi connectivity index (χ0n) is 13.9. The summed E-state index contributed by atoms with van der Waals surface area (Å²) in [4.78, 5) is 45.9. The number of carbonyl (C=O) groups is 4. The second-order valence-electron chi connectivity index (χ2n) is 6.24. The second-order valence-corrected chi connectivity index (χ2v) is 6.24. The van der Waals surface area contributed by atoms with Gasteiger partial charge < -0.3 is 16.2 Å². The Balaban J connectivity index is 1.89. The smallest absolute Gasteiger partial charge is 0.326 e. The first kappa shape index (κ1) is 18.6. The Hall–Kier alpha value is -2.70. The third kappa shape index (κ3) is 5.41. The van der Waals surface area contributed by atoms with Crippen LogP contribution in [-0.4, -0.2) is 34.7 Å². The first-order valence-corrected chi connectivity index (χ1v) is 8.32. The number of ketones is 1. The molecule has 1 unspecified atom stereocenters. The largest absolute Gasteiger partial charge is 0.480 e. The van der Waals surface area contributed by atoms with Crippen LogP contribution in [0.15, 0.2) is 18.2 Å². The molecule has 1 atom stereocenters. The molecule has 1 aromatic carbocycles. The van der Waals surface area contributed by atoms with Crippen LogP contribution in [0.25, 0.3) is 0 Å². The van der Waals surface area contributed by atoms with Crippen LogP contribution < -0.4 is 11.1 Å². The van der Waals surface area contributed by atoms with E-state index >= 15 is 0 Å². The molecule has 0 saturated heterocycles. The lowest BCUT2D eigenvalue weighted by Crippen LogP contribution is -2.43. The van der Waals surface area contributed by atoms with Gasteiger partial charge in [-0.2, -0.15) is 0 Å². The Morgan fingerprint density at radius 3 is 2.40 bits per heavy atom. The number of nitrogens with two attached hydrogens (primary N) is 1. The fraction of sp³-hybridized carbons (Fsp3) is 0.444. The molecule has 0 radical (unpaired) electrons. The van der Waals surface area contributed by atoms with E-state index < -0.39 is 30.2 Å². The third-order valence-electron chi connectivity index (χ3n) is 4.29. The first-order chi connectivity index (χ1) is 11.9. The topological polar surface area (TPSA) is 127 Å². The number of Topliss-reactive ketones (excluding diaryl/α,β-unsaturated/α-hetero) is 1. The van der Waals surface area contributed by atoms with Crippen molar-refractivity contribution in [2.75, 3.05) is 0 Å². The van der Waals surface area contributed by atoms with Gasteiger partial charge in [0.15, 0.2) is 5.78 Å². The number of amides is 2. The van der Waals surface area contributed by atoms with Gasteiger partial charge in [-0.1, -0.05) is 12.1 Å². The Bertz CT molecular complexity index is 699. The number of carboxylic acid groups (broad SMARTS) is 1. The highest BCUT2D eigenvalue weighted by atomic mass is 16.4. The summed E-state index contributed by atoms with van der Waals surface area (Å²) >= 11 is 0. The van der Waals surface area contributed by atoms with E-state index in [0.717, 1.165) is 25.7 Å². The Morgan fingerprint density at radius 2 is 1.76 bits per heavy atom. The van der Waals surface area contributed by atoms with Gasteiger partial charge in [-0.05, 0) is 42.9 Å². The van der Waals surface area contributed by atoms with E-state index in [0.29, 0.717) is 5.56 Å². The lowest BCUT2D eigenvalue weighted by Gasteiger charge is -2.16. The minimum absolute atomic E-state index is 0.0203. The predicted octanol–water partition coefficient (Wildman–Crippen LogP) is 0.973. The summed E-state index contributed by atoms with van der Waals surface area (Å²) in [7, 11) is 0. The molecule has 1 aliphatic rings. The summed E-state index contributed by atoms with van der Waals surface area (Å²) in [6, 6.07) is 4.26. The summed E-state index contributed by atoms with van der Waals surface area (Å²) in [5.41, 5.74) is 7.99. The average molecular weight is 346 g/mol. The van der Waals surface area contributed by atoms with E-state index in [9.17, 15) is 19.2 Å². The molecule has 0 aromatic heterocycles. The van der Waals surface area contributed by atoms with Gasteiger partial charge in [0, 0.05) is 18.4 Å². The summed E-state index contributed by atoms with van der Waals surface area (Å²) in [6.45, 7) is 0. The average Bonchev–Trinajstić information content (AvgIpc) is 2.58. The molecule has 4 N–H and O–H groups in total. The number of nitrogens with one attached hydrogen (secondary N) is 1. The van der Waals surface area contributed by atoms with E-state index in [1.165, 1.54) is 11.1 Å². The van der Waals surface area contributed by atoms with Crippen molar-refractivity contribution in [3.8, 4) is 0 Å². The van der Waals surface area contributed by atoms with Gasteiger partial charge >= 0.3 is 5.97 Å². The van der Waals surface area contributed by atoms with Crippen molar-refractivity contribution in [1.29, 1.82) is 0 Å². The fourth-order valence-corrected chi connectivity index (χ4v) is 2.95. The Kier molecular flexibility index (Phi) is 6.27. The zero-order chi connectivity index (χ0) is 18.4. The highest BCUT2D eigenvalue weighted by Gasteiger charge is 2.22. The number of rotatable bonds is 8. The summed E-state index contributed by atoms with van der Waals surface area (Å²) < 4.78 is 0. The molecular weight excluding hydrogens is 324 g/mol. The van der Waals surface area contributed by atoms with Gasteiger partial charge in [0.05, 0.1) is 6.42 Å². The molecule has 0 bridgehead atoms. The van der Waals surface area contributed by atoms with Gasteiger partial charge in [0.1, 0.15) is 6.04 Å². The molecule has 0 heterocycles. The maximum Gasteiger partial charge on any atom is 0.326 e. The highest BCUT2D eigenvalue weighted by molar-refractivity contribution is 5.98. The number of carboxylic acids is 1. The van der Waals surface area contributed by atoms with Crippen LogP contribution in [0, 0.1) is 0 Å². The molecule has 0 saturated carbocycles. The number of benzene rings is 1. The molecular formula is C18H22N2O5. The molecule has 2 amide bonds. The standard InChI is InChI=1S/C18H22N2O5/c19-16(22)10-14(18(24)25)20-17(23)8-7-15(21)13-6-5-11-3-1-2-4-12(11)9-13/h5-6,9,14H,1-4,7-8,10H2,(H2,19,22)(H,20,23)(H,24,25). The number of hydrogen-bond donors (Lipinski definition) is 3. The van der Waals surface area contributed by atoms with Crippen molar-refractivity contribution in [3.05, 3.63) is 34.9 Å². The number of primary amides is 1. The van der Waals surface area contributed by atoms with E-state index in [4.69, 9.17) is 10.8 Å². The summed E-state index contributed by atoms with van der Waals surface area (Å²) in [5, 5.41) is 11.2. The van der Waals surface area contributed by atoms with Crippen molar-refractivity contribution < 1.29 is 24.3 Å². The van der Waals surface area contributed by atoms with Crippen LogP contribution in [0.3, 0.4) is 0 Å². The van der Waals surface area contributed by atoms with E-state index in [-0.39, 0.29) is 18.6 Å². The van der Waals surface area contributed by atoms with Gasteiger partial charge in [0.25, 0.3) is 0 Å². The van der Waals surface area contributed by atoms with Crippen LogP contribution in [0.2, 0.25) is 0 Å². The van der Waals surface area contributed by atoms with Crippen LogP contribution in [0.1, 0.15) is 53.6 Å². The monoisotopic (exact) mass is 346 g/mol. The van der Waals surface area contributed by atoms with E-state index in [1.54, 1.807) is 6.07 Å². The number of aliphatic carboxylic acids is 1. The van der Waals surface area contributed by atoms with Gasteiger partial charge in [-0.15, -0.1) is 0 Å². The van der Waals surface area contributed by atoms with E-state index in [1.807, 2.05) is 12.1 Å². The second kappa shape index (κ2) is 8.41. The molecule has 0 fully saturated rings. The SMILES string of the molecule is NC(=O)CC(NC(=O)CCC(=O)c1ccc2c(c1)CCCC2)C(=O)O. The molecule has 2 rings (SSSR count). The maximum absolute atomic E-state index is 12.3.